The zero-order valence-corrected chi connectivity index (χ0v) is 12.6. The van der Waals surface area contributed by atoms with Gasteiger partial charge in [0.2, 0.25) is 0 Å². The molecule has 1 saturated heterocycles. The summed E-state index contributed by atoms with van der Waals surface area (Å²) >= 11 is 0. The van der Waals surface area contributed by atoms with Gasteiger partial charge in [-0.05, 0) is 43.7 Å². The van der Waals surface area contributed by atoms with Gasteiger partial charge in [0.1, 0.15) is 0 Å². The van der Waals surface area contributed by atoms with Crippen molar-refractivity contribution >= 4 is 0 Å². The molecule has 1 N–H and O–H groups in total. The van der Waals surface area contributed by atoms with Crippen molar-refractivity contribution in [1.82, 2.24) is 10.2 Å². The first-order valence-corrected chi connectivity index (χ1v) is 8.42. The van der Waals surface area contributed by atoms with Gasteiger partial charge in [-0.1, -0.05) is 43.2 Å². The minimum absolute atomic E-state index is 0.899. The van der Waals surface area contributed by atoms with E-state index in [0.29, 0.717) is 0 Å². The Bertz CT molecular complexity index is 388. The number of fused-ring (bicyclic) bond motifs is 1. The van der Waals surface area contributed by atoms with E-state index in [4.69, 9.17) is 0 Å². The zero-order valence-electron chi connectivity index (χ0n) is 12.6. The second kappa shape index (κ2) is 7.24. The normalized spacial score (nSPS) is 27.2. The molecule has 1 heterocycles. The molecule has 0 aromatic heterocycles. The highest BCUT2D eigenvalue weighted by Gasteiger charge is 2.32. The number of nitrogens with one attached hydrogen (secondary N) is 1. The molecule has 0 spiro atoms. The van der Waals surface area contributed by atoms with Gasteiger partial charge >= 0.3 is 0 Å². The van der Waals surface area contributed by atoms with Crippen molar-refractivity contribution < 1.29 is 0 Å². The summed E-state index contributed by atoms with van der Waals surface area (Å²) < 4.78 is 0. The van der Waals surface area contributed by atoms with Crippen LogP contribution in [0.15, 0.2) is 30.3 Å². The van der Waals surface area contributed by atoms with Crippen molar-refractivity contribution in [2.45, 2.75) is 51.1 Å². The maximum atomic E-state index is 3.60. The largest absolute Gasteiger partial charge is 0.311 e. The lowest BCUT2D eigenvalue weighted by atomic mass is 9.78. The van der Waals surface area contributed by atoms with Gasteiger partial charge in [-0.25, -0.2) is 0 Å². The van der Waals surface area contributed by atoms with Gasteiger partial charge in [0.15, 0.2) is 0 Å². The first-order valence-electron chi connectivity index (χ1n) is 8.42. The Morgan fingerprint density at radius 1 is 1.00 bits per heavy atom. The van der Waals surface area contributed by atoms with Gasteiger partial charge in [-0.15, -0.1) is 0 Å². The van der Waals surface area contributed by atoms with Crippen LogP contribution in [0.2, 0.25) is 0 Å². The first-order chi connectivity index (χ1) is 9.93. The number of likely N-dealkylation sites (tertiary alicyclic amines) is 1. The van der Waals surface area contributed by atoms with Crippen molar-refractivity contribution in [3.63, 3.8) is 0 Å². The Hall–Kier alpha value is -0.860. The molecular weight excluding hydrogens is 244 g/mol. The van der Waals surface area contributed by atoms with E-state index in [2.05, 4.69) is 40.5 Å². The van der Waals surface area contributed by atoms with E-state index in [1.54, 1.807) is 0 Å². The molecule has 3 rings (SSSR count). The molecular formula is C18H28N2. The lowest BCUT2D eigenvalue weighted by Gasteiger charge is -2.44. The second-order valence-electron chi connectivity index (χ2n) is 6.45. The highest BCUT2D eigenvalue weighted by molar-refractivity contribution is 5.14. The van der Waals surface area contributed by atoms with E-state index in [0.717, 1.165) is 25.0 Å². The fourth-order valence-electron chi connectivity index (χ4n) is 4.06. The minimum atomic E-state index is 0.899. The lowest BCUT2D eigenvalue weighted by molar-refractivity contribution is 0.0618. The molecule has 1 aliphatic carbocycles. The molecule has 2 heteroatoms. The van der Waals surface area contributed by atoms with Crippen molar-refractivity contribution in [2.75, 3.05) is 19.6 Å². The summed E-state index contributed by atoms with van der Waals surface area (Å²) in [5.74, 6) is 1.01. The van der Waals surface area contributed by atoms with Crippen molar-refractivity contribution in [3.8, 4) is 0 Å². The summed E-state index contributed by atoms with van der Waals surface area (Å²) in [5.41, 5.74) is 1.39. The molecule has 0 radical (unpaired) electrons. The smallest absolute Gasteiger partial charge is 0.0206 e. The molecule has 1 aromatic rings. The summed E-state index contributed by atoms with van der Waals surface area (Å²) in [7, 11) is 0. The van der Waals surface area contributed by atoms with E-state index < -0.39 is 0 Å². The Morgan fingerprint density at radius 3 is 2.70 bits per heavy atom. The number of benzene rings is 1. The van der Waals surface area contributed by atoms with E-state index >= 15 is 0 Å². The summed E-state index contributed by atoms with van der Waals surface area (Å²) in [6.45, 7) is 4.68. The number of hydrogen-bond donors (Lipinski definition) is 1. The summed E-state index contributed by atoms with van der Waals surface area (Å²) in [6, 6.07) is 11.6. The highest BCUT2D eigenvalue weighted by Crippen LogP contribution is 2.34. The number of nitrogens with zero attached hydrogens (tertiary/aromatic N) is 1. The monoisotopic (exact) mass is 272 g/mol. The van der Waals surface area contributed by atoms with Crippen LogP contribution in [0.25, 0.3) is 0 Å². The number of rotatable bonds is 5. The SMILES string of the molecule is c1ccc(CNCCN2CCCC3CCCCC32)cc1. The van der Waals surface area contributed by atoms with Gasteiger partial charge < -0.3 is 5.32 Å². The van der Waals surface area contributed by atoms with Crippen LogP contribution >= 0.6 is 0 Å². The average molecular weight is 272 g/mol. The van der Waals surface area contributed by atoms with Crippen molar-refractivity contribution in [3.05, 3.63) is 35.9 Å². The summed E-state index contributed by atoms with van der Waals surface area (Å²) in [4.78, 5) is 2.77. The topological polar surface area (TPSA) is 15.3 Å². The molecule has 2 atom stereocenters. The third-order valence-electron chi connectivity index (χ3n) is 5.11. The van der Waals surface area contributed by atoms with Gasteiger partial charge in [0.25, 0.3) is 0 Å². The van der Waals surface area contributed by atoms with Crippen molar-refractivity contribution in [2.24, 2.45) is 5.92 Å². The van der Waals surface area contributed by atoms with E-state index in [9.17, 15) is 0 Å². The van der Waals surface area contributed by atoms with E-state index in [-0.39, 0.29) is 0 Å². The van der Waals surface area contributed by atoms with Gasteiger partial charge in [0, 0.05) is 25.7 Å². The van der Waals surface area contributed by atoms with Gasteiger partial charge in [-0.3, -0.25) is 4.90 Å². The summed E-state index contributed by atoms with van der Waals surface area (Å²) in [5, 5.41) is 3.60. The third kappa shape index (κ3) is 3.62. The second-order valence-corrected chi connectivity index (χ2v) is 6.45. The lowest BCUT2D eigenvalue weighted by Crippen LogP contribution is -2.48. The predicted molar refractivity (Wildman–Crippen MR) is 84.7 cm³/mol. The van der Waals surface area contributed by atoms with E-state index in [1.165, 1.54) is 57.2 Å². The Morgan fingerprint density at radius 2 is 1.80 bits per heavy atom. The molecule has 0 bridgehead atoms. The molecule has 1 saturated carbocycles. The van der Waals surface area contributed by atoms with Crippen LogP contribution in [0, 0.1) is 5.92 Å². The predicted octanol–water partition coefficient (Wildman–Crippen LogP) is 3.43. The van der Waals surface area contributed by atoms with Crippen LogP contribution in [0.5, 0.6) is 0 Å². The molecule has 1 aliphatic heterocycles. The molecule has 2 unspecified atom stereocenters. The van der Waals surface area contributed by atoms with Crippen LogP contribution in [0.1, 0.15) is 44.1 Å². The van der Waals surface area contributed by atoms with Gasteiger partial charge in [-0.2, -0.15) is 0 Å². The van der Waals surface area contributed by atoms with E-state index in [1.807, 2.05) is 0 Å². The van der Waals surface area contributed by atoms with Crippen LogP contribution in [-0.4, -0.2) is 30.6 Å². The quantitative estimate of drug-likeness (QED) is 0.826. The first kappa shape index (κ1) is 14.1. The maximum Gasteiger partial charge on any atom is 0.0206 e. The number of hydrogen-bond acceptors (Lipinski definition) is 2. The summed E-state index contributed by atoms with van der Waals surface area (Å²) in [6.07, 6.45) is 8.76. The molecule has 110 valence electrons. The average Bonchev–Trinajstić information content (AvgIpc) is 2.53. The fourth-order valence-corrected chi connectivity index (χ4v) is 4.06. The van der Waals surface area contributed by atoms with Crippen LogP contribution in [0.4, 0.5) is 0 Å². The minimum Gasteiger partial charge on any atom is -0.311 e. The molecule has 2 fully saturated rings. The zero-order chi connectivity index (χ0) is 13.6. The standard InChI is InChI=1S/C18H28N2/c1-2-7-16(8-3-1)15-19-12-14-20-13-6-10-17-9-4-5-11-18(17)20/h1-3,7-8,17-19H,4-6,9-15H2. The Balaban J connectivity index is 1.41. The molecule has 0 amide bonds. The van der Waals surface area contributed by atoms with Crippen LogP contribution in [0.3, 0.4) is 0 Å². The molecule has 2 aliphatic rings. The highest BCUT2D eigenvalue weighted by atomic mass is 15.2. The van der Waals surface area contributed by atoms with Crippen LogP contribution < -0.4 is 5.32 Å². The molecule has 2 nitrogen and oxygen atoms in total. The fraction of sp³-hybridized carbons (Fsp3) is 0.667. The number of piperidine rings is 1. The Kier molecular flexibility index (Phi) is 5.10. The third-order valence-corrected chi connectivity index (χ3v) is 5.11. The Labute approximate surface area is 123 Å². The van der Waals surface area contributed by atoms with Gasteiger partial charge in [0.05, 0.1) is 0 Å². The maximum absolute atomic E-state index is 3.60. The van der Waals surface area contributed by atoms with Crippen molar-refractivity contribution in [1.29, 1.82) is 0 Å². The molecule has 1 aromatic carbocycles. The molecule has 20 heavy (non-hydrogen) atoms. The van der Waals surface area contributed by atoms with Crippen LogP contribution in [-0.2, 0) is 6.54 Å².